The lowest BCUT2D eigenvalue weighted by Gasteiger charge is -1.99. The van der Waals surface area contributed by atoms with Gasteiger partial charge in [-0.2, -0.15) is 16.9 Å². The summed E-state index contributed by atoms with van der Waals surface area (Å²) in [5, 5.41) is 14.5. The lowest BCUT2D eigenvalue weighted by molar-refractivity contribution is 0.296. The van der Waals surface area contributed by atoms with Crippen molar-refractivity contribution >= 4 is 11.8 Å². The third-order valence-electron chi connectivity index (χ3n) is 1.54. The predicted molar refractivity (Wildman–Crippen MR) is 51.9 cm³/mol. The molecule has 0 radical (unpaired) electrons. The van der Waals surface area contributed by atoms with Crippen molar-refractivity contribution in [1.82, 2.24) is 14.8 Å². The topological polar surface area (TPSA) is 70.9 Å². The number of H-pyrrole nitrogens is 1. The average Bonchev–Trinajstić information content (AvgIpc) is 2.52. The van der Waals surface area contributed by atoms with Gasteiger partial charge in [0, 0.05) is 18.9 Å². The Labute approximate surface area is 80.2 Å². The van der Waals surface area contributed by atoms with Gasteiger partial charge in [-0.3, -0.25) is 4.57 Å². The lowest BCUT2D eigenvalue weighted by atomic mass is 10.5. The molecule has 0 unspecified atom stereocenters. The number of nitrogens with zero attached hydrogens (tertiary/aromatic N) is 2. The van der Waals surface area contributed by atoms with Gasteiger partial charge in [0.05, 0.1) is 0 Å². The Hall–Kier alpha value is -0.750. The third kappa shape index (κ3) is 3.65. The number of hydrogen-bond donors (Lipinski definition) is 2. The summed E-state index contributed by atoms with van der Waals surface area (Å²) in [6.45, 7) is 0.907. The van der Waals surface area contributed by atoms with Gasteiger partial charge in [0.15, 0.2) is 0 Å². The highest BCUT2D eigenvalue weighted by molar-refractivity contribution is 7.99. The Morgan fingerprint density at radius 1 is 1.62 bits per heavy atom. The fourth-order valence-corrected chi connectivity index (χ4v) is 1.72. The van der Waals surface area contributed by atoms with Crippen LogP contribution in [-0.4, -0.2) is 38.0 Å². The Balaban J connectivity index is 2.13. The van der Waals surface area contributed by atoms with Crippen molar-refractivity contribution in [2.45, 2.75) is 13.0 Å². The van der Waals surface area contributed by atoms with E-state index in [0.29, 0.717) is 6.54 Å². The van der Waals surface area contributed by atoms with Gasteiger partial charge >= 0.3 is 5.69 Å². The summed E-state index contributed by atoms with van der Waals surface area (Å²) in [5.41, 5.74) is -0.164. The highest BCUT2D eigenvalue weighted by atomic mass is 32.2. The SMILES string of the molecule is O=c1[nH]ncn1CCSCCCO. The van der Waals surface area contributed by atoms with E-state index in [9.17, 15) is 4.79 Å². The van der Waals surface area contributed by atoms with E-state index in [4.69, 9.17) is 5.11 Å². The van der Waals surface area contributed by atoms with Gasteiger partial charge in [-0.1, -0.05) is 0 Å². The molecule has 1 aromatic rings. The molecule has 0 saturated carbocycles. The van der Waals surface area contributed by atoms with Crippen molar-refractivity contribution in [2.75, 3.05) is 18.1 Å². The summed E-state index contributed by atoms with van der Waals surface area (Å²) in [5.74, 6) is 1.81. The molecule has 5 nitrogen and oxygen atoms in total. The molecule has 74 valence electrons. The van der Waals surface area contributed by atoms with E-state index in [1.165, 1.54) is 10.9 Å². The van der Waals surface area contributed by atoms with Crippen LogP contribution < -0.4 is 5.69 Å². The van der Waals surface area contributed by atoms with E-state index in [1.54, 1.807) is 11.8 Å². The summed E-state index contributed by atoms with van der Waals surface area (Å²) >= 11 is 1.72. The molecule has 1 heterocycles. The first-order chi connectivity index (χ1) is 6.34. The van der Waals surface area contributed by atoms with E-state index in [-0.39, 0.29) is 12.3 Å². The third-order valence-corrected chi connectivity index (χ3v) is 2.59. The fraction of sp³-hybridized carbons (Fsp3) is 0.714. The van der Waals surface area contributed by atoms with Crippen LogP contribution in [0.5, 0.6) is 0 Å². The molecule has 0 aliphatic heterocycles. The van der Waals surface area contributed by atoms with Gasteiger partial charge in [0.25, 0.3) is 0 Å². The highest BCUT2D eigenvalue weighted by Crippen LogP contribution is 2.01. The van der Waals surface area contributed by atoms with Crippen LogP contribution in [0.2, 0.25) is 0 Å². The number of aliphatic hydroxyl groups is 1. The van der Waals surface area contributed by atoms with E-state index >= 15 is 0 Å². The average molecular weight is 203 g/mol. The number of aromatic amines is 1. The lowest BCUT2D eigenvalue weighted by Crippen LogP contribution is -2.17. The summed E-state index contributed by atoms with van der Waals surface area (Å²) in [7, 11) is 0. The van der Waals surface area contributed by atoms with E-state index in [0.717, 1.165) is 17.9 Å². The minimum Gasteiger partial charge on any atom is -0.396 e. The number of rotatable bonds is 6. The molecule has 0 fully saturated rings. The molecule has 6 heteroatoms. The monoisotopic (exact) mass is 203 g/mol. The smallest absolute Gasteiger partial charge is 0.343 e. The number of aryl methyl sites for hydroxylation is 1. The predicted octanol–water partition coefficient (Wildman–Crippen LogP) is -0.313. The van der Waals surface area contributed by atoms with Gasteiger partial charge in [0.2, 0.25) is 0 Å². The second-order valence-corrected chi connectivity index (χ2v) is 3.77. The number of nitrogens with one attached hydrogen (secondary N) is 1. The highest BCUT2D eigenvalue weighted by Gasteiger charge is 1.95. The first-order valence-corrected chi connectivity index (χ1v) is 5.28. The van der Waals surface area contributed by atoms with Crippen LogP contribution in [0.3, 0.4) is 0 Å². The first-order valence-electron chi connectivity index (χ1n) is 4.13. The maximum absolute atomic E-state index is 10.9. The minimum absolute atomic E-state index is 0.164. The van der Waals surface area contributed by atoms with E-state index < -0.39 is 0 Å². The van der Waals surface area contributed by atoms with Crippen LogP contribution in [0.25, 0.3) is 0 Å². The van der Waals surface area contributed by atoms with Crippen molar-refractivity contribution in [1.29, 1.82) is 0 Å². The molecule has 0 atom stereocenters. The maximum Gasteiger partial charge on any atom is 0.343 e. The Kier molecular flexibility index (Phi) is 4.63. The number of aromatic nitrogens is 3. The van der Waals surface area contributed by atoms with Gasteiger partial charge in [-0.25, -0.2) is 9.89 Å². The Morgan fingerprint density at radius 3 is 3.08 bits per heavy atom. The van der Waals surface area contributed by atoms with Crippen molar-refractivity contribution in [3.05, 3.63) is 16.8 Å². The molecule has 13 heavy (non-hydrogen) atoms. The van der Waals surface area contributed by atoms with Crippen molar-refractivity contribution in [3.8, 4) is 0 Å². The van der Waals surface area contributed by atoms with Crippen LogP contribution in [0.1, 0.15) is 6.42 Å². The standard InChI is InChI=1S/C7H13N3O2S/c11-3-1-4-13-5-2-10-6-8-9-7(10)12/h6,11H,1-5H2,(H,9,12). The van der Waals surface area contributed by atoms with Crippen LogP contribution in [0.4, 0.5) is 0 Å². The molecule has 0 spiro atoms. The number of aliphatic hydroxyl groups excluding tert-OH is 1. The minimum atomic E-state index is -0.164. The molecule has 1 rings (SSSR count). The zero-order valence-corrected chi connectivity index (χ0v) is 8.09. The van der Waals surface area contributed by atoms with Gasteiger partial charge < -0.3 is 5.11 Å². The molecule has 2 N–H and O–H groups in total. The van der Waals surface area contributed by atoms with Crippen molar-refractivity contribution < 1.29 is 5.11 Å². The maximum atomic E-state index is 10.9. The summed E-state index contributed by atoms with van der Waals surface area (Å²) < 4.78 is 1.53. The Bertz CT molecular complexity index is 283. The van der Waals surface area contributed by atoms with Gasteiger partial charge in [-0.05, 0) is 12.2 Å². The fourth-order valence-electron chi connectivity index (χ4n) is 0.861. The quantitative estimate of drug-likeness (QED) is 0.622. The van der Waals surface area contributed by atoms with E-state index in [2.05, 4.69) is 10.2 Å². The summed E-state index contributed by atoms with van der Waals surface area (Å²) in [6.07, 6.45) is 2.31. The summed E-state index contributed by atoms with van der Waals surface area (Å²) in [4.78, 5) is 10.9. The first kappa shape index (κ1) is 10.3. The van der Waals surface area contributed by atoms with Gasteiger partial charge in [0.1, 0.15) is 6.33 Å². The largest absolute Gasteiger partial charge is 0.396 e. The second kappa shape index (κ2) is 5.82. The van der Waals surface area contributed by atoms with Crippen LogP contribution in [0, 0.1) is 0 Å². The summed E-state index contributed by atoms with van der Waals surface area (Å²) in [6, 6.07) is 0. The normalized spacial score (nSPS) is 10.5. The second-order valence-electron chi connectivity index (χ2n) is 2.54. The zero-order valence-electron chi connectivity index (χ0n) is 7.27. The molecular weight excluding hydrogens is 190 g/mol. The van der Waals surface area contributed by atoms with Crippen LogP contribution >= 0.6 is 11.8 Å². The molecule has 0 amide bonds. The van der Waals surface area contributed by atoms with Crippen LogP contribution in [0.15, 0.2) is 11.1 Å². The number of thioether (sulfide) groups is 1. The molecule has 1 aromatic heterocycles. The molecule has 0 aliphatic rings. The molecule has 0 aliphatic carbocycles. The number of hydrogen-bond acceptors (Lipinski definition) is 4. The van der Waals surface area contributed by atoms with E-state index in [1.807, 2.05) is 0 Å². The van der Waals surface area contributed by atoms with Gasteiger partial charge in [-0.15, -0.1) is 0 Å². The van der Waals surface area contributed by atoms with Crippen LogP contribution in [-0.2, 0) is 6.54 Å². The Morgan fingerprint density at radius 2 is 2.46 bits per heavy atom. The van der Waals surface area contributed by atoms with Crippen molar-refractivity contribution in [2.24, 2.45) is 0 Å². The molecule has 0 aromatic carbocycles. The molecule has 0 saturated heterocycles. The molecule has 0 bridgehead atoms. The zero-order chi connectivity index (χ0) is 9.52. The molecular formula is C7H13N3O2S. The van der Waals surface area contributed by atoms with Crippen molar-refractivity contribution in [3.63, 3.8) is 0 Å².